The lowest BCUT2D eigenvalue weighted by Crippen LogP contribution is -2.08. The van der Waals surface area contributed by atoms with Gasteiger partial charge < -0.3 is 19.8 Å². The lowest BCUT2D eigenvalue weighted by Gasteiger charge is -2.10. The molecule has 0 aliphatic heterocycles. The Morgan fingerprint density at radius 2 is 2.08 bits per heavy atom. The number of rotatable bonds is 6. The topological polar surface area (TPSA) is 89.3 Å². The van der Waals surface area contributed by atoms with E-state index in [9.17, 15) is 4.79 Å². The number of hydrogen-bond donors (Lipinski definition) is 2. The van der Waals surface area contributed by atoms with E-state index in [1.165, 1.54) is 7.11 Å². The van der Waals surface area contributed by atoms with Gasteiger partial charge in [0.05, 0.1) is 31.2 Å². The van der Waals surface area contributed by atoms with E-state index in [1.54, 1.807) is 36.7 Å². The van der Waals surface area contributed by atoms with Gasteiger partial charge >= 0.3 is 5.97 Å². The highest BCUT2D eigenvalue weighted by molar-refractivity contribution is 5.96. The standard InChI is InChI=1S/C17H16N4O3/c1-23-16(22)13-6-2-3-7-14(13)20-17-18-9-8-15(21-17)19-11-12-5-4-10-24-12/h2-10H,11H2,1H3,(H2,18,19,20,21). The van der Waals surface area contributed by atoms with Crippen molar-refractivity contribution in [3.05, 3.63) is 66.2 Å². The Bertz CT molecular complexity index is 818. The monoisotopic (exact) mass is 324 g/mol. The van der Waals surface area contributed by atoms with E-state index in [4.69, 9.17) is 9.15 Å². The number of hydrogen-bond acceptors (Lipinski definition) is 7. The van der Waals surface area contributed by atoms with Crippen LogP contribution in [-0.2, 0) is 11.3 Å². The van der Waals surface area contributed by atoms with Gasteiger partial charge in [-0.3, -0.25) is 0 Å². The minimum atomic E-state index is -0.426. The lowest BCUT2D eigenvalue weighted by atomic mass is 10.2. The number of aromatic nitrogens is 2. The van der Waals surface area contributed by atoms with Crippen molar-refractivity contribution in [3.8, 4) is 0 Å². The Hall–Kier alpha value is -3.35. The van der Waals surface area contributed by atoms with Gasteiger partial charge in [0.1, 0.15) is 11.6 Å². The van der Waals surface area contributed by atoms with Crippen molar-refractivity contribution in [2.45, 2.75) is 6.54 Å². The van der Waals surface area contributed by atoms with Crippen molar-refractivity contribution in [3.63, 3.8) is 0 Å². The lowest BCUT2D eigenvalue weighted by molar-refractivity contribution is 0.0602. The predicted molar refractivity (Wildman–Crippen MR) is 89.1 cm³/mol. The average molecular weight is 324 g/mol. The van der Waals surface area contributed by atoms with Gasteiger partial charge in [-0.2, -0.15) is 4.98 Å². The van der Waals surface area contributed by atoms with Crippen LogP contribution in [0.2, 0.25) is 0 Å². The number of carbonyl (C=O) groups is 1. The number of nitrogens with zero attached hydrogens (tertiary/aromatic N) is 2. The SMILES string of the molecule is COC(=O)c1ccccc1Nc1nccc(NCc2ccco2)n1. The molecule has 0 fully saturated rings. The van der Waals surface area contributed by atoms with Crippen molar-refractivity contribution in [1.29, 1.82) is 0 Å². The van der Waals surface area contributed by atoms with E-state index in [0.717, 1.165) is 5.76 Å². The highest BCUT2D eigenvalue weighted by atomic mass is 16.5. The third-order valence-corrected chi connectivity index (χ3v) is 3.26. The van der Waals surface area contributed by atoms with Crippen molar-refractivity contribution < 1.29 is 13.9 Å². The van der Waals surface area contributed by atoms with Crippen molar-refractivity contribution >= 4 is 23.4 Å². The van der Waals surface area contributed by atoms with Crippen LogP contribution in [0.1, 0.15) is 16.1 Å². The van der Waals surface area contributed by atoms with Crippen LogP contribution in [0.3, 0.4) is 0 Å². The third-order valence-electron chi connectivity index (χ3n) is 3.26. The molecule has 3 rings (SSSR count). The van der Waals surface area contributed by atoms with Gasteiger partial charge in [-0.1, -0.05) is 12.1 Å². The average Bonchev–Trinajstić information content (AvgIpc) is 3.14. The van der Waals surface area contributed by atoms with Crippen LogP contribution in [-0.4, -0.2) is 23.0 Å². The van der Waals surface area contributed by atoms with E-state index < -0.39 is 5.97 Å². The van der Waals surface area contributed by atoms with Crippen LogP contribution >= 0.6 is 0 Å². The van der Waals surface area contributed by atoms with Crippen LogP contribution in [0.15, 0.2) is 59.3 Å². The van der Waals surface area contributed by atoms with Gasteiger partial charge in [-0.05, 0) is 30.3 Å². The van der Waals surface area contributed by atoms with Crippen LogP contribution in [0.25, 0.3) is 0 Å². The van der Waals surface area contributed by atoms with E-state index >= 15 is 0 Å². The summed E-state index contributed by atoms with van der Waals surface area (Å²) in [6, 6.07) is 12.5. The molecule has 0 atom stereocenters. The molecule has 3 aromatic rings. The molecule has 0 aliphatic rings. The van der Waals surface area contributed by atoms with E-state index in [1.807, 2.05) is 18.2 Å². The molecule has 0 unspecified atom stereocenters. The fourth-order valence-electron chi connectivity index (χ4n) is 2.11. The molecule has 0 bridgehead atoms. The Kier molecular flexibility index (Phi) is 4.71. The van der Waals surface area contributed by atoms with Crippen LogP contribution in [0, 0.1) is 0 Å². The molecule has 122 valence electrons. The molecular weight excluding hydrogens is 308 g/mol. The van der Waals surface area contributed by atoms with Crippen molar-refractivity contribution in [1.82, 2.24) is 9.97 Å². The molecule has 0 radical (unpaired) electrons. The van der Waals surface area contributed by atoms with Gasteiger partial charge in [0.15, 0.2) is 0 Å². The first-order valence-corrected chi connectivity index (χ1v) is 7.30. The van der Waals surface area contributed by atoms with E-state index in [-0.39, 0.29) is 0 Å². The summed E-state index contributed by atoms with van der Waals surface area (Å²) in [5.41, 5.74) is 0.991. The second kappa shape index (κ2) is 7.28. The molecular formula is C17H16N4O3. The van der Waals surface area contributed by atoms with E-state index in [0.29, 0.717) is 29.6 Å². The molecule has 24 heavy (non-hydrogen) atoms. The second-order valence-corrected chi connectivity index (χ2v) is 4.86. The summed E-state index contributed by atoms with van der Waals surface area (Å²) in [7, 11) is 1.34. The summed E-state index contributed by atoms with van der Waals surface area (Å²) in [6.07, 6.45) is 3.24. The zero-order valence-electron chi connectivity index (χ0n) is 13.0. The fraction of sp³-hybridized carbons (Fsp3) is 0.118. The molecule has 2 N–H and O–H groups in total. The van der Waals surface area contributed by atoms with Crippen molar-refractivity contribution in [2.24, 2.45) is 0 Å². The summed E-state index contributed by atoms with van der Waals surface area (Å²) in [4.78, 5) is 20.3. The molecule has 0 amide bonds. The number of furan rings is 1. The zero-order valence-corrected chi connectivity index (χ0v) is 13.0. The first kappa shape index (κ1) is 15.5. The highest BCUT2D eigenvalue weighted by Gasteiger charge is 2.12. The van der Waals surface area contributed by atoms with Gasteiger partial charge in [-0.15, -0.1) is 0 Å². The minimum Gasteiger partial charge on any atom is -0.467 e. The number of carbonyl (C=O) groups excluding carboxylic acids is 1. The normalized spacial score (nSPS) is 10.2. The fourth-order valence-corrected chi connectivity index (χ4v) is 2.11. The summed E-state index contributed by atoms with van der Waals surface area (Å²) in [5.74, 6) is 1.39. The molecule has 7 heteroatoms. The molecule has 0 saturated carbocycles. The number of methoxy groups -OCH3 is 1. The highest BCUT2D eigenvalue weighted by Crippen LogP contribution is 2.20. The second-order valence-electron chi connectivity index (χ2n) is 4.86. The number of para-hydroxylation sites is 1. The summed E-state index contributed by atoms with van der Waals surface area (Å²) in [5, 5.41) is 6.18. The number of anilines is 3. The van der Waals surface area contributed by atoms with Crippen LogP contribution in [0.4, 0.5) is 17.5 Å². The first-order chi connectivity index (χ1) is 11.8. The van der Waals surface area contributed by atoms with Crippen molar-refractivity contribution in [2.75, 3.05) is 17.7 Å². The smallest absolute Gasteiger partial charge is 0.339 e. The number of benzene rings is 1. The van der Waals surface area contributed by atoms with Crippen LogP contribution < -0.4 is 10.6 Å². The largest absolute Gasteiger partial charge is 0.467 e. The molecule has 0 aliphatic carbocycles. The number of esters is 1. The summed E-state index contributed by atoms with van der Waals surface area (Å²) < 4.78 is 10.0. The Labute approximate surface area is 138 Å². The molecule has 1 aromatic carbocycles. The molecule has 0 saturated heterocycles. The molecule has 7 nitrogen and oxygen atoms in total. The van der Waals surface area contributed by atoms with Gasteiger partial charge in [0, 0.05) is 6.20 Å². The van der Waals surface area contributed by atoms with E-state index in [2.05, 4.69) is 20.6 Å². The van der Waals surface area contributed by atoms with Gasteiger partial charge in [0.25, 0.3) is 0 Å². The zero-order chi connectivity index (χ0) is 16.8. The Morgan fingerprint density at radius 3 is 2.88 bits per heavy atom. The number of nitrogens with one attached hydrogen (secondary N) is 2. The molecule has 2 aromatic heterocycles. The predicted octanol–water partition coefficient (Wildman–Crippen LogP) is 3.21. The number of ether oxygens (including phenoxy) is 1. The summed E-state index contributed by atoms with van der Waals surface area (Å²) >= 11 is 0. The maximum absolute atomic E-state index is 11.8. The minimum absolute atomic E-state index is 0.371. The molecule has 2 heterocycles. The maximum Gasteiger partial charge on any atom is 0.339 e. The quantitative estimate of drug-likeness (QED) is 0.673. The van der Waals surface area contributed by atoms with Gasteiger partial charge in [0.2, 0.25) is 5.95 Å². The molecule has 0 spiro atoms. The third kappa shape index (κ3) is 3.70. The Morgan fingerprint density at radius 1 is 1.21 bits per heavy atom. The van der Waals surface area contributed by atoms with Gasteiger partial charge in [-0.25, -0.2) is 9.78 Å². The Balaban J connectivity index is 1.74. The maximum atomic E-state index is 11.8. The van der Waals surface area contributed by atoms with Crippen LogP contribution in [0.5, 0.6) is 0 Å². The summed E-state index contributed by atoms with van der Waals surface area (Å²) in [6.45, 7) is 0.516. The first-order valence-electron chi connectivity index (χ1n) is 7.30.